The highest BCUT2D eigenvalue weighted by Crippen LogP contribution is 2.14. The van der Waals surface area contributed by atoms with Crippen LogP contribution >= 0.6 is 11.6 Å². The number of rotatable bonds is 5. The molecule has 0 saturated carbocycles. The van der Waals surface area contributed by atoms with Gasteiger partial charge in [-0.25, -0.2) is 4.79 Å². The number of carbonyl (C=O) groups excluding carboxylic acids is 1. The molecule has 0 spiro atoms. The van der Waals surface area contributed by atoms with Gasteiger partial charge in [-0.2, -0.15) is 5.10 Å². The second-order valence-electron chi connectivity index (χ2n) is 4.22. The number of carboxylic acids is 1. The number of carboxylic acid groups (broad SMARTS) is 1. The van der Waals surface area contributed by atoms with Crippen molar-refractivity contribution in [1.82, 2.24) is 15.1 Å². The van der Waals surface area contributed by atoms with Gasteiger partial charge in [0.25, 0.3) is 0 Å². The average Bonchev–Trinajstić information content (AvgIpc) is 2.84. The molecule has 0 bridgehead atoms. The van der Waals surface area contributed by atoms with Crippen molar-refractivity contribution in [2.75, 3.05) is 5.32 Å². The third-order valence-corrected chi connectivity index (χ3v) is 2.95. The van der Waals surface area contributed by atoms with E-state index in [4.69, 9.17) is 16.7 Å². The molecule has 2 rings (SSSR count). The van der Waals surface area contributed by atoms with Crippen LogP contribution in [0.15, 0.2) is 36.7 Å². The highest BCUT2D eigenvalue weighted by atomic mass is 35.5. The number of amides is 2. The number of halogens is 1. The van der Waals surface area contributed by atoms with Gasteiger partial charge < -0.3 is 15.7 Å². The Kier molecular flexibility index (Phi) is 4.78. The van der Waals surface area contributed by atoms with Crippen LogP contribution in [0.2, 0.25) is 5.02 Å². The first-order valence-corrected chi connectivity index (χ1v) is 6.45. The van der Waals surface area contributed by atoms with E-state index in [1.165, 1.54) is 17.1 Å². The number of carbonyl (C=O) groups is 2. The Morgan fingerprint density at radius 3 is 2.81 bits per heavy atom. The number of benzene rings is 1. The summed E-state index contributed by atoms with van der Waals surface area (Å²) in [5.74, 6) is -1.01. The van der Waals surface area contributed by atoms with Gasteiger partial charge in [0.05, 0.1) is 11.9 Å². The van der Waals surface area contributed by atoms with Gasteiger partial charge in [0.1, 0.15) is 6.54 Å². The molecule has 3 N–H and O–H groups in total. The zero-order chi connectivity index (χ0) is 15.2. The van der Waals surface area contributed by atoms with Gasteiger partial charge >= 0.3 is 12.0 Å². The summed E-state index contributed by atoms with van der Waals surface area (Å²) in [7, 11) is 0. The van der Waals surface area contributed by atoms with Crippen LogP contribution in [0.5, 0.6) is 0 Å². The van der Waals surface area contributed by atoms with Gasteiger partial charge in [-0.05, 0) is 11.6 Å². The second-order valence-corrected chi connectivity index (χ2v) is 4.63. The minimum absolute atomic E-state index is 0.261. The number of aromatic nitrogens is 2. The van der Waals surface area contributed by atoms with Crippen molar-refractivity contribution in [3.63, 3.8) is 0 Å². The molecular weight excluding hydrogens is 296 g/mol. The van der Waals surface area contributed by atoms with E-state index in [9.17, 15) is 9.59 Å². The molecule has 0 unspecified atom stereocenters. The molecule has 7 nitrogen and oxygen atoms in total. The second kappa shape index (κ2) is 6.76. The Balaban J connectivity index is 1.86. The molecule has 0 radical (unpaired) electrons. The molecule has 110 valence electrons. The van der Waals surface area contributed by atoms with Crippen LogP contribution in [0.3, 0.4) is 0 Å². The Labute approximate surface area is 125 Å². The van der Waals surface area contributed by atoms with E-state index < -0.39 is 12.0 Å². The van der Waals surface area contributed by atoms with E-state index in [0.717, 1.165) is 5.56 Å². The van der Waals surface area contributed by atoms with Crippen molar-refractivity contribution in [2.45, 2.75) is 13.1 Å². The number of nitrogens with one attached hydrogen (secondary N) is 2. The molecule has 2 aromatic rings. The summed E-state index contributed by atoms with van der Waals surface area (Å²) in [5, 5.41) is 18.2. The van der Waals surface area contributed by atoms with Crippen LogP contribution in [0.4, 0.5) is 10.5 Å². The molecule has 0 aliphatic rings. The lowest BCUT2D eigenvalue weighted by atomic mass is 10.2. The number of urea groups is 1. The van der Waals surface area contributed by atoms with Crippen LogP contribution in [0, 0.1) is 0 Å². The summed E-state index contributed by atoms with van der Waals surface area (Å²) in [6.45, 7) is 0.0255. The fourth-order valence-corrected chi connectivity index (χ4v) is 1.85. The zero-order valence-corrected chi connectivity index (χ0v) is 11.7. The van der Waals surface area contributed by atoms with Crippen LogP contribution in [-0.4, -0.2) is 26.9 Å². The lowest BCUT2D eigenvalue weighted by Gasteiger charge is -2.07. The normalized spacial score (nSPS) is 10.1. The first kappa shape index (κ1) is 14.9. The maximum absolute atomic E-state index is 11.7. The molecule has 1 heterocycles. The lowest BCUT2D eigenvalue weighted by molar-refractivity contribution is -0.137. The molecular formula is C13H13ClN4O3. The summed E-state index contributed by atoms with van der Waals surface area (Å²) in [4.78, 5) is 22.2. The van der Waals surface area contributed by atoms with Gasteiger partial charge in [-0.15, -0.1) is 0 Å². The number of hydrogen-bond donors (Lipinski definition) is 3. The Morgan fingerprint density at radius 2 is 2.10 bits per heavy atom. The van der Waals surface area contributed by atoms with E-state index >= 15 is 0 Å². The standard InChI is InChI=1S/C13H13ClN4O3/c14-11-4-2-1-3-9(11)5-15-13(21)17-10-6-16-18(7-10)8-12(19)20/h1-4,6-7H,5,8H2,(H,19,20)(H2,15,17,21). The van der Waals surface area contributed by atoms with Gasteiger partial charge in [-0.1, -0.05) is 29.8 Å². The third-order valence-electron chi connectivity index (χ3n) is 2.59. The topological polar surface area (TPSA) is 96.2 Å². The molecule has 21 heavy (non-hydrogen) atoms. The predicted octanol–water partition coefficient (Wildman–Crippen LogP) is 1.94. The van der Waals surface area contributed by atoms with Crippen molar-refractivity contribution >= 4 is 29.3 Å². The quantitative estimate of drug-likeness (QED) is 0.786. The number of hydrogen-bond acceptors (Lipinski definition) is 3. The minimum atomic E-state index is -1.01. The van der Waals surface area contributed by atoms with Gasteiger partial charge in [-0.3, -0.25) is 9.48 Å². The van der Waals surface area contributed by atoms with E-state index in [2.05, 4.69) is 15.7 Å². The smallest absolute Gasteiger partial charge is 0.325 e. The lowest BCUT2D eigenvalue weighted by Crippen LogP contribution is -2.28. The average molecular weight is 309 g/mol. The number of anilines is 1. The first-order chi connectivity index (χ1) is 10.0. The van der Waals surface area contributed by atoms with Crippen molar-refractivity contribution in [2.24, 2.45) is 0 Å². The van der Waals surface area contributed by atoms with E-state index in [1.54, 1.807) is 6.07 Å². The molecule has 0 saturated heterocycles. The van der Waals surface area contributed by atoms with Crippen LogP contribution in [0.25, 0.3) is 0 Å². The van der Waals surface area contributed by atoms with Crippen LogP contribution < -0.4 is 10.6 Å². The predicted molar refractivity (Wildman–Crippen MR) is 77.2 cm³/mol. The van der Waals surface area contributed by atoms with Gasteiger partial charge in [0, 0.05) is 17.8 Å². The number of aliphatic carboxylic acids is 1. The SMILES string of the molecule is O=C(O)Cn1cc(NC(=O)NCc2ccccc2Cl)cn1. The van der Waals surface area contributed by atoms with Crippen molar-refractivity contribution in [3.8, 4) is 0 Å². The molecule has 8 heteroatoms. The fourth-order valence-electron chi connectivity index (χ4n) is 1.65. The van der Waals surface area contributed by atoms with Crippen molar-refractivity contribution < 1.29 is 14.7 Å². The Bertz CT molecular complexity index is 656. The highest BCUT2D eigenvalue weighted by molar-refractivity contribution is 6.31. The first-order valence-electron chi connectivity index (χ1n) is 6.07. The third kappa shape index (κ3) is 4.50. The molecule has 0 fully saturated rings. The van der Waals surface area contributed by atoms with Gasteiger partial charge in [0.2, 0.25) is 0 Å². The summed E-state index contributed by atoms with van der Waals surface area (Å²) in [5.41, 5.74) is 1.21. The Morgan fingerprint density at radius 1 is 1.33 bits per heavy atom. The fraction of sp³-hybridized carbons (Fsp3) is 0.154. The molecule has 1 aromatic carbocycles. The van der Waals surface area contributed by atoms with Crippen molar-refractivity contribution in [1.29, 1.82) is 0 Å². The molecule has 0 aliphatic heterocycles. The summed E-state index contributed by atoms with van der Waals surface area (Å²) < 4.78 is 1.21. The summed E-state index contributed by atoms with van der Waals surface area (Å²) >= 11 is 5.98. The molecule has 0 aliphatic carbocycles. The zero-order valence-electron chi connectivity index (χ0n) is 10.9. The van der Waals surface area contributed by atoms with E-state index in [0.29, 0.717) is 10.7 Å². The van der Waals surface area contributed by atoms with E-state index in [-0.39, 0.29) is 13.1 Å². The highest BCUT2D eigenvalue weighted by Gasteiger charge is 2.07. The van der Waals surface area contributed by atoms with Crippen LogP contribution in [0.1, 0.15) is 5.56 Å². The summed E-state index contributed by atoms with van der Waals surface area (Å²) in [6.07, 6.45) is 2.81. The molecule has 1 aromatic heterocycles. The minimum Gasteiger partial charge on any atom is -0.480 e. The Hall–Kier alpha value is -2.54. The van der Waals surface area contributed by atoms with E-state index in [1.807, 2.05) is 18.2 Å². The maximum Gasteiger partial charge on any atom is 0.325 e. The van der Waals surface area contributed by atoms with Gasteiger partial charge in [0.15, 0.2) is 0 Å². The molecule has 2 amide bonds. The van der Waals surface area contributed by atoms with Crippen LogP contribution in [-0.2, 0) is 17.9 Å². The maximum atomic E-state index is 11.7. The number of nitrogens with zero attached hydrogens (tertiary/aromatic N) is 2. The largest absolute Gasteiger partial charge is 0.480 e. The monoisotopic (exact) mass is 308 g/mol. The van der Waals surface area contributed by atoms with Crippen molar-refractivity contribution in [3.05, 3.63) is 47.2 Å². The summed E-state index contributed by atoms with van der Waals surface area (Å²) in [6, 6.07) is 6.77. The molecule has 0 atom stereocenters.